The van der Waals surface area contributed by atoms with Crippen LogP contribution in [-0.2, 0) is 12.6 Å². The molecule has 1 N–H and O–H groups in total. The summed E-state index contributed by atoms with van der Waals surface area (Å²) in [5, 5.41) is 0. The quantitative estimate of drug-likeness (QED) is 0.809. The Labute approximate surface area is 143 Å². The number of H-pyrrole nitrogens is 1. The fourth-order valence-corrected chi connectivity index (χ4v) is 2.44. The number of hydrogen-bond donors (Lipinski definition) is 1. The van der Waals surface area contributed by atoms with E-state index in [0.29, 0.717) is 12.6 Å². The predicted octanol–water partition coefficient (Wildman–Crippen LogP) is 3.49. The van der Waals surface area contributed by atoms with Gasteiger partial charge in [-0.2, -0.15) is 13.2 Å². The molecule has 0 unspecified atom stereocenters. The van der Waals surface area contributed by atoms with E-state index >= 15 is 0 Å². The first-order valence-electron chi connectivity index (χ1n) is 7.89. The van der Waals surface area contributed by atoms with E-state index in [1.54, 1.807) is 4.98 Å². The Kier molecular flexibility index (Phi) is 6.01. The normalized spacial score (nSPS) is 11.4. The second kappa shape index (κ2) is 8.00. The molecular formula is C18H19F3N2O2. The number of unbranched alkanes of at least 4 members (excludes halogenated alkanes) is 1. The number of alkyl halides is 3. The molecule has 0 aliphatic heterocycles. The fraction of sp³-hybridized carbons (Fsp3) is 0.333. The third-order valence-electron chi connectivity index (χ3n) is 3.84. The molecule has 1 aromatic carbocycles. The zero-order valence-corrected chi connectivity index (χ0v) is 13.8. The number of halogens is 3. The van der Waals surface area contributed by atoms with E-state index in [1.165, 1.54) is 17.5 Å². The molecule has 1 amide bonds. The molecule has 0 aliphatic rings. The van der Waals surface area contributed by atoms with Crippen LogP contribution in [0.5, 0.6) is 0 Å². The average molecular weight is 352 g/mol. The standard InChI is InChI=1S/C18H19F3N2O2/c1-23(12-6-5-9-13-7-3-2-4-8-13)17(25)14-10-11-15(18(19,20)21)22-16(14)24/h2-4,7-8,10-11H,5-6,9,12H2,1H3,(H,22,24). The van der Waals surface area contributed by atoms with Crippen molar-refractivity contribution in [3.63, 3.8) is 0 Å². The molecule has 1 aromatic heterocycles. The summed E-state index contributed by atoms with van der Waals surface area (Å²) in [7, 11) is 1.53. The third kappa shape index (κ3) is 5.20. The maximum atomic E-state index is 12.5. The number of amides is 1. The number of carbonyl (C=O) groups excluding carboxylic acids is 1. The molecule has 134 valence electrons. The van der Waals surface area contributed by atoms with Crippen molar-refractivity contribution in [2.75, 3.05) is 13.6 Å². The number of aromatic amines is 1. The van der Waals surface area contributed by atoms with Gasteiger partial charge < -0.3 is 9.88 Å². The van der Waals surface area contributed by atoms with Crippen LogP contribution in [-0.4, -0.2) is 29.4 Å². The smallest absolute Gasteiger partial charge is 0.342 e. The van der Waals surface area contributed by atoms with Crippen molar-refractivity contribution in [1.29, 1.82) is 0 Å². The molecule has 4 nitrogen and oxygen atoms in total. The summed E-state index contributed by atoms with van der Waals surface area (Å²) >= 11 is 0. The lowest BCUT2D eigenvalue weighted by atomic mass is 10.1. The van der Waals surface area contributed by atoms with Crippen molar-refractivity contribution in [2.24, 2.45) is 0 Å². The maximum absolute atomic E-state index is 12.5. The topological polar surface area (TPSA) is 53.2 Å². The van der Waals surface area contributed by atoms with E-state index < -0.39 is 23.3 Å². The molecule has 2 aromatic rings. The zero-order valence-electron chi connectivity index (χ0n) is 13.8. The molecule has 0 saturated carbocycles. The van der Waals surface area contributed by atoms with Gasteiger partial charge in [-0.25, -0.2) is 0 Å². The van der Waals surface area contributed by atoms with Crippen LogP contribution >= 0.6 is 0 Å². The van der Waals surface area contributed by atoms with Crippen LogP contribution in [0.3, 0.4) is 0 Å². The molecule has 7 heteroatoms. The molecule has 0 spiro atoms. The molecule has 0 aliphatic carbocycles. The van der Waals surface area contributed by atoms with Gasteiger partial charge in [0.05, 0.1) is 0 Å². The van der Waals surface area contributed by atoms with Crippen LogP contribution in [0.2, 0.25) is 0 Å². The van der Waals surface area contributed by atoms with E-state index in [9.17, 15) is 22.8 Å². The van der Waals surface area contributed by atoms with Gasteiger partial charge in [-0.05, 0) is 37.0 Å². The molecule has 0 radical (unpaired) electrons. The number of carbonyl (C=O) groups is 1. The minimum atomic E-state index is -4.65. The van der Waals surface area contributed by atoms with Crippen LogP contribution in [0.4, 0.5) is 13.2 Å². The summed E-state index contributed by atoms with van der Waals surface area (Å²) < 4.78 is 37.6. The Balaban J connectivity index is 1.90. The minimum absolute atomic E-state index is 0.293. The van der Waals surface area contributed by atoms with Gasteiger partial charge in [-0.15, -0.1) is 0 Å². The molecule has 0 atom stereocenters. The fourth-order valence-electron chi connectivity index (χ4n) is 2.44. The number of rotatable bonds is 6. The van der Waals surface area contributed by atoms with Crippen LogP contribution in [0.15, 0.2) is 47.3 Å². The van der Waals surface area contributed by atoms with Crippen LogP contribution in [0.25, 0.3) is 0 Å². The van der Waals surface area contributed by atoms with Crippen molar-refractivity contribution >= 4 is 5.91 Å². The lowest BCUT2D eigenvalue weighted by molar-refractivity contribution is -0.141. The zero-order chi connectivity index (χ0) is 18.4. The van der Waals surface area contributed by atoms with Gasteiger partial charge in [-0.3, -0.25) is 9.59 Å². The Bertz CT molecular complexity index is 770. The Morgan fingerprint density at radius 2 is 1.76 bits per heavy atom. The van der Waals surface area contributed by atoms with E-state index in [2.05, 4.69) is 0 Å². The number of nitrogens with zero attached hydrogens (tertiary/aromatic N) is 1. The summed E-state index contributed by atoms with van der Waals surface area (Å²) in [5.41, 5.74) is -1.29. The first-order valence-corrected chi connectivity index (χ1v) is 7.89. The van der Waals surface area contributed by atoms with Crippen LogP contribution in [0.1, 0.15) is 34.5 Å². The van der Waals surface area contributed by atoms with Crippen molar-refractivity contribution in [3.8, 4) is 0 Å². The second-order valence-corrected chi connectivity index (χ2v) is 5.78. The van der Waals surface area contributed by atoms with Crippen LogP contribution < -0.4 is 5.56 Å². The maximum Gasteiger partial charge on any atom is 0.431 e. The molecular weight excluding hydrogens is 333 g/mol. The lowest BCUT2D eigenvalue weighted by Crippen LogP contribution is -2.33. The van der Waals surface area contributed by atoms with Gasteiger partial charge in [0.25, 0.3) is 11.5 Å². The highest BCUT2D eigenvalue weighted by molar-refractivity contribution is 5.93. The molecule has 25 heavy (non-hydrogen) atoms. The van der Waals surface area contributed by atoms with Gasteiger partial charge in [0, 0.05) is 13.6 Å². The van der Waals surface area contributed by atoms with Crippen molar-refractivity contribution < 1.29 is 18.0 Å². The number of hydrogen-bond acceptors (Lipinski definition) is 2. The first kappa shape index (κ1) is 18.8. The van der Waals surface area contributed by atoms with Gasteiger partial charge in [0.15, 0.2) is 0 Å². The van der Waals surface area contributed by atoms with Crippen molar-refractivity contribution in [2.45, 2.75) is 25.4 Å². The summed E-state index contributed by atoms with van der Waals surface area (Å²) in [6.45, 7) is 0.423. The molecule has 2 rings (SSSR count). The Morgan fingerprint density at radius 1 is 1.08 bits per heavy atom. The van der Waals surface area contributed by atoms with E-state index in [4.69, 9.17) is 0 Å². The van der Waals surface area contributed by atoms with Gasteiger partial charge in [-0.1, -0.05) is 30.3 Å². The monoisotopic (exact) mass is 352 g/mol. The van der Waals surface area contributed by atoms with Gasteiger partial charge >= 0.3 is 6.18 Å². The van der Waals surface area contributed by atoms with Crippen LogP contribution in [0, 0.1) is 0 Å². The molecule has 0 saturated heterocycles. The second-order valence-electron chi connectivity index (χ2n) is 5.78. The average Bonchev–Trinajstić information content (AvgIpc) is 2.58. The third-order valence-corrected chi connectivity index (χ3v) is 3.84. The van der Waals surface area contributed by atoms with Crippen molar-refractivity contribution in [3.05, 3.63) is 69.6 Å². The van der Waals surface area contributed by atoms with E-state index in [0.717, 1.165) is 25.3 Å². The van der Waals surface area contributed by atoms with E-state index in [1.807, 2.05) is 30.3 Å². The highest BCUT2D eigenvalue weighted by atomic mass is 19.4. The summed E-state index contributed by atoms with van der Waals surface area (Å²) in [4.78, 5) is 27.0. The first-order chi connectivity index (χ1) is 11.8. The number of benzene rings is 1. The Hall–Kier alpha value is -2.57. The minimum Gasteiger partial charge on any atom is -0.342 e. The number of nitrogens with one attached hydrogen (secondary N) is 1. The summed E-state index contributed by atoms with van der Waals surface area (Å²) in [6.07, 6.45) is -2.17. The number of aromatic nitrogens is 1. The summed E-state index contributed by atoms with van der Waals surface area (Å²) in [6, 6.07) is 11.5. The molecule has 1 heterocycles. The van der Waals surface area contributed by atoms with Gasteiger partial charge in [0.1, 0.15) is 11.3 Å². The number of pyridine rings is 1. The highest BCUT2D eigenvalue weighted by Gasteiger charge is 2.32. The SMILES string of the molecule is CN(CCCCc1ccccc1)C(=O)c1ccc(C(F)(F)F)[nH]c1=O. The molecule has 0 fully saturated rings. The molecule has 0 bridgehead atoms. The lowest BCUT2D eigenvalue weighted by Gasteiger charge is -2.17. The van der Waals surface area contributed by atoms with E-state index in [-0.39, 0.29) is 5.56 Å². The van der Waals surface area contributed by atoms with Crippen molar-refractivity contribution in [1.82, 2.24) is 9.88 Å². The van der Waals surface area contributed by atoms with Gasteiger partial charge in [0.2, 0.25) is 0 Å². The largest absolute Gasteiger partial charge is 0.431 e. The highest BCUT2D eigenvalue weighted by Crippen LogP contribution is 2.26. The predicted molar refractivity (Wildman–Crippen MR) is 88.4 cm³/mol. The Morgan fingerprint density at radius 3 is 2.36 bits per heavy atom. The summed E-state index contributed by atoms with van der Waals surface area (Å²) in [5.74, 6) is -0.588. The number of aryl methyl sites for hydroxylation is 1.